The molecule has 1 aliphatic heterocycles. The number of guanidine groups is 1. The van der Waals surface area contributed by atoms with E-state index < -0.39 is 0 Å². The molecule has 7 heteroatoms. The number of aliphatic imine (C=N–C) groups is 1. The number of nitrogens with zero attached hydrogens (tertiary/aromatic N) is 3. The molecule has 1 atom stereocenters. The minimum Gasteiger partial charge on any atom is -0.379 e. The zero-order valence-electron chi connectivity index (χ0n) is 19.1. The highest BCUT2D eigenvalue weighted by molar-refractivity contribution is 7.10. The molecule has 1 unspecified atom stereocenters. The Kier molecular flexibility index (Phi) is 9.81. The van der Waals surface area contributed by atoms with E-state index in [0.717, 1.165) is 58.4 Å². The molecule has 0 saturated carbocycles. The summed E-state index contributed by atoms with van der Waals surface area (Å²) in [4.78, 5) is 11.1. The van der Waals surface area contributed by atoms with E-state index in [9.17, 15) is 0 Å². The summed E-state index contributed by atoms with van der Waals surface area (Å²) >= 11 is 1.82. The monoisotopic (exact) mass is 443 g/mol. The summed E-state index contributed by atoms with van der Waals surface area (Å²) in [5.74, 6) is 0.869. The maximum atomic E-state index is 5.56. The van der Waals surface area contributed by atoms with Gasteiger partial charge in [0.2, 0.25) is 0 Å². The fourth-order valence-electron chi connectivity index (χ4n) is 3.73. The van der Waals surface area contributed by atoms with Crippen molar-refractivity contribution >= 4 is 17.3 Å². The third-order valence-corrected chi connectivity index (χ3v) is 6.54. The molecule has 170 valence electrons. The predicted octanol–water partition coefficient (Wildman–Crippen LogP) is 3.33. The summed E-state index contributed by atoms with van der Waals surface area (Å²) in [6.45, 7) is 12.2. The van der Waals surface area contributed by atoms with E-state index in [-0.39, 0.29) is 0 Å². The number of thiophene rings is 1. The normalized spacial score (nSPS) is 16.5. The van der Waals surface area contributed by atoms with Crippen molar-refractivity contribution in [3.63, 3.8) is 0 Å². The Balaban J connectivity index is 1.64. The van der Waals surface area contributed by atoms with Crippen LogP contribution in [0, 0.1) is 0 Å². The average Bonchev–Trinajstić information content (AvgIpc) is 3.33. The fraction of sp³-hybridized carbons (Fsp3) is 0.542. The van der Waals surface area contributed by atoms with Crippen LogP contribution in [0.1, 0.15) is 35.9 Å². The number of ether oxygens (including phenoxy) is 1. The number of rotatable bonds is 10. The minimum atomic E-state index is 0.334. The molecule has 1 aliphatic rings. The first kappa shape index (κ1) is 23.7. The van der Waals surface area contributed by atoms with Gasteiger partial charge in [-0.25, -0.2) is 4.99 Å². The lowest BCUT2D eigenvalue weighted by molar-refractivity contribution is 0.0177. The standard InChI is InChI=1S/C24H37N5OS/c1-4-25-24(26-17-20-8-6-9-21(16-20)19-28(3)5-2)27-18-22(23-10-7-15-31-23)29-11-13-30-14-12-29/h6-10,15-16,22H,4-5,11-14,17-19H2,1-3H3,(H2,25,26,27). The predicted molar refractivity (Wildman–Crippen MR) is 131 cm³/mol. The van der Waals surface area contributed by atoms with Gasteiger partial charge in [-0.3, -0.25) is 4.90 Å². The topological polar surface area (TPSA) is 52.1 Å². The largest absolute Gasteiger partial charge is 0.379 e. The van der Waals surface area contributed by atoms with Crippen LogP contribution in [-0.2, 0) is 17.8 Å². The first-order chi connectivity index (χ1) is 15.2. The van der Waals surface area contributed by atoms with Gasteiger partial charge in [0.25, 0.3) is 0 Å². The highest BCUT2D eigenvalue weighted by Crippen LogP contribution is 2.25. The van der Waals surface area contributed by atoms with Gasteiger partial charge in [0.1, 0.15) is 0 Å². The van der Waals surface area contributed by atoms with Crippen LogP contribution in [0.25, 0.3) is 0 Å². The van der Waals surface area contributed by atoms with Gasteiger partial charge in [0.05, 0.1) is 25.8 Å². The molecule has 3 rings (SSSR count). The molecule has 2 heterocycles. The van der Waals surface area contributed by atoms with E-state index >= 15 is 0 Å². The van der Waals surface area contributed by atoms with Crippen LogP contribution in [0.4, 0.5) is 0 Å². The SMILES string of the molecule is CCNC(=NCc1cccc(CN(C)CC)c1)NCC(c1cccs1)N1CCOCC1. The van der Waals surface area contributed by atoms with Gasteiger partial charge < -0.3 is 20.3 Å². The molecule has 1 aromatic carbocycles. The molecule has 1 aromatic heterocycles. The number of hydrogen-bond donors (Lipinski definition) is 2. The van der Waals surface area contributed by atoms with Crippen molar-refractivity contribution in [1.29, 1.82) is 0 Å². The van der Waals surface area contributed by atoms with Gasteiger partial charge in [-0.15, -0.1) is 11.3 Å². The second kappa shape index (κ2) is 12.8. The molecule has 6 nitrogen and oxygen atoms in total. The molecule has 2 N–H and O–H groups in total. The van der Waals surface area contributed by atoms with Crippen molar-refractivity contribution in [2.24, 2.45) is 4.99 Å². The van der Waals surface area contributed by atoms with Crippen LogP contribution in [-0.4, -0.2) is 68.7 Å². The third kappa shape index (κ3) is 7.61. The number of hydrogen-bond acceptors (Lipinski definition) is 5. The molecule has 0 amide bonds. The fourth-order valence-corrected chi connectivity index (χ4v) is 4.60. The summed E-state index contributed by atoms with van der Waals surface area (Å²) in [7, 11) is 2.15. The van der Waals surface area contributed by atoms with E-state index in [1.807, 2.05) is 11.3 Å². The van der Waals surface area contributed by atoms with E-state index in [1.165, 1.54) is 16.0 Å². The molecule has 0 spiro atoms. The second-order valence-electron chi connectivity index (χ2n) is 7.91. The molecule has 2 aromatic rings. The minimum absolute atomic E-state index is 0.334. The zero-order valence-corrected chi connectivity index (χ0v) is 20.0. The first-order valence-electron chi connectivity index (χ1n) is 11.3. The molecular weight excluding hydrogens is 406 g/mol. The van der Waals surface area contributed by atoms with E-state index in [2.05, 4.69) is 83.1 Å². The molecule has 0 bridgehead atoms. The zero-order chi connectivity index (χ0) is 21.9. The summed E-state index contributed by atoms with van der Waals surface area (Å²) in [5, 5.41) is 9.15. The molecular formula is C24H37N5OS. The third-order valence-electron chi connectivity index (χ3n) is 5.57. The Labute approximate surface area is 191 Å². The van der Waals surface area contributed by atoms with Crippen molar-refractivity contribution in [2.45, 2.75) is 33.0 Å². The van der Waals surface area contributed by atoms with Crippen LogP contribution < -0.4 is 10.6 Å². The van der Waals surface area contributed by atoms with E-state index in [0.29, 0.717) is 12.6 Å². The Morgan fingerprint density at radius 2 is 1.97 bits per heavy atom. The Morgan fingerprint density at radius 1 is 1.16 bits per heavy atom. The Hall–Kier alpha value is -1.93. The summed E-state index contributed by atoms with van der Waals surface area (Å²) in [5.41, 5.74) is 2.57. The van der Waals surface area contributed by atoms with Gasteiger partial charge in [-0.1, -0.05) is 37.3 Å². The van der Waals surface area contributed by atoms with Crippen molar-refractivity contribution in [1.82, 2.24) is 20.4 Å². The average molecular weight is 444 g/mol. The quantitative estimate of drug-likeness (QED) is 0.436. The smallest absolute Gasteiger partial charge is 0.191 e. The molecule has 1 fully saturated rings. The summed E-state index contributed by atoms with van der Waals surface area (Å²) in [6.07, 6.45) is 0. The number of nitrogens with one attached hydrogen (secondary N) is 2. The molecule has 31 heavy (non-hydrogen) atoms. The van der Waals surface area contributed by atoms with Gasteiger partial charge in [0.15, 0.2) is 5.96 Å². The van der Waals surface area contributed by atoms with Crippen molar-refractivity contribution < 1.29 is 4.74 Å². The lowest BCUT2D eigenvalue weighted by Crippen LogP contribution is -2.46. The van der Waals surface area contributed by atoms with Gasteiger partial charge in [-0.05, 0) is 43.1 Å². The number of benzene rings is 1. The lowest BCUT2D eigenvalue weighted by Gasteiger charge is -2.34. The summed E-state index contributed by atoms with van der Waals surface area (Å²) < 4.78 is 5.56. The maximum Gasteiger partial charge on any atom is 0.191 e. The molecule has 0 aliphatic carbocycles. The van der Waals surface area contributed by atoms with Crippen LogP contribution in [0.2, 0.25) is 0 Å². The van der Waals surface area contributed by atoms with Crippen LogP contribution >= 0.6 is 11.3 Å². The number of morpholine rings is 1. The lowest BCUT2D eigenvalue weighted by atomic mass is 10.1. The van der Waals surface area contributed by atoms with E-state index in [1.54, 1.807) is 0 Å². The first-order valence-corrected chi connectivity index (χ1v) is 12.2. The highest BCUT2D eigenvalue weighted by atomic mass is 32.1. The van der Waals surface area contributed by atoms with E-state index in [4.69, 9.17) is 9.73 Å². The molecule has 1 saturated heterocycles. The van der Waals surface area contributed by atoms with Crippen LogP contribution in [0.5, 0.6) is 0 Å². The second-order valence-corrected chi connectivity index (χ2v) is 8.89. The Morgan fingerprint density at radius 3 is 2.68 bits per heavy atom. The maximum absolute atomic E-state index is 5.56. The Bertz CT molecular complexity index is 789. The van der Waals surface area contributed by atoms with Crippen LogP contribution in [0.3, 0.4) is 0 Å². The molecule has 0 radical (unpaired) electrons. The highest BCUT2D eigenvalue weighted by Gasteiger charge is 2.23. The van der Waals surface area contributed by atoms with Crippen LogP contribution in [0.15, 0.2) is 46.8 Å². The van der Waals surface area contributed by atoms with Gasteiger partial charge in [0, 0.05) is 37.6 Å². The van der Waals surface area contributed by atoms with Crippen molar-refractivity contribution in [3.05, 3.63) is 57.8 Å². The van der Waals surface area contributed by atoms with Gasteiger partial charge in [-0.2, -0.15) is 0 Å². The van der Waals surface area contributed by atoms with Crippen molar-refractivity contribution in [2.75, 3.05) is 53.0 Å². The van der Waals surface area contributed by atoms with Crippen molar-refractivity contribution in [3.8, 4) is 0 Å². The summed E-state index contributed by atoms with van der Waals surface area (Å²) in [6, 6.07) is 13.4. The van der Waals surface area contributed by atoms with Gasteiger partial charge >= 0.3 is 0 Å².